The first-order valence-electron chi connectivity index (χ1n) is 15.3. The van der Waals surface area contributed by atoms with Gasteiger partial charge < -0.3 is 24.8 Å². The van der Waals surface area contributed by atoms with Gasteiger partial charge in [-0.3, -0.25) is 14.9 Å². The second-order valence-corrected chi connectivity index (χ2v) is 11.5. The monoisotopic (exact) mass is 633 g/mol. The molecular formula is C32H34F3N9O2. The summed E-state index contributed by atoms with van der Waals surface area (Å²) in [5.74, 6) is 0.855. The number of nitrogens with zero attached hydrogens (tertiary/aromatic N) is 7. The molecule has 1 fully saturated rings. The number of anilines is 1. The number of urea groups is 1. The Kier molecular flexibility index (Phi) is 8.79. The fourth-order valence-corrected chi connectivity index (χ4v) is 6.04. The molecule has 1 saturated heterocycles. The van der Waals surface area contributed by atoms with Crippen molar-refractivity contribution in [3.05, 3.63) is 71.1 Å². The number of alkyl halides is 3. The molecule has 2 amide bonds. The van der Waals surface area contributed by atoms with Crippen LogP contribution in [0.5, 0.6) is 11.5 Å². The highest BCUT2D eigenvalue weighted by Crippen LogP contribution is 2.36. The molecule has 4 aromatic rings. The first-order valence-corrected chi connectivity index (χ1v) is 15.3. The van der Waals surface area contributed by atoms with Crippen LogP contribution in [-0.4, -0.2) is 79.9 Å². The lowest BCUT2D eigenvalue weighted by molar-refractivity contribution is -0.138. The molecule has 14 heteroatoms. The molecular weight excluding hydrogens is 599 g/mol. The summed E-state index contributed by atoms with van der Waals surface area (Å²) in [4.78, 5) is 35.2. The number of carbonyl (C=O) groups excluding carboxylic acids is 1. The van der Waals surface area contributed by atoms with Gasteiger partial charge in [-0.1, -0.05) is 13.8 Å². The fourth-order valence-electron chi connectivity index (χ4n) is 6.04. The zero-order valence-corrected chi connectivity index (χ0v) is 25.6. The van der Waals surface area contributed by atoms with Gasteiger partial charge in [-0.2, -0.15) is 18.4 Å². The maximum atomic E-state index is 14.1. The minimum Gasteiger partial charge on any atom is -0.455 e. The Morgan fingerprint density at radius 3 is 2.61 bits per heavy atom. The molecule has 4 aromatic heterocycles. The van der Waals surface area contributed by atoms with Gasteiger partial charge in [0.2, 0.25) is 0 Å². The molecule has 2 aliphatic heterocycles. The number of amides is 2. The number of ether oxygens (including phenoxy) is 1. The molecule has 2 aliphatic rings. The number of halogens is 3. The maximum absolute atomic E-state index is 14.1. The summed E-state index contributed by atoms with van der Waals surface area (Å²) >= 11 is 0. The molecule has 1 atom stereocenters. The van der Waals surface area contributed by atoms with Crippen molar-refractivity contribution < 1.29 is 22.7 Å². The van der Waals surface area contributed by atoms with Gasteiger partial charge in [-0.05, 0) is 42.8 Å². The van der Waals surface area contributed by atoms with E-state index in [1.54, 1.807) is 29.4 Å². The summed E-state index contributed by atoms with van der Waals surface area (Å²) in [6, 6.07) is 7.65. The average molecular weight is 634 g/mol. The summed E-state index contributed by atoms with van der Waals surface area (Å²) in [5, 5.41) is 12.5. The molecule has 6 heterocycles. The van der Waals surface area contributed by atoms with Crippen LogP contribution in [0, 0.1) is 11.3 Å². The summed E-state index contributed by atoms with van der Waals surface area (Å²) < 4.78 is 48.5. The second-order valence-electron chi connectivity index (χ2n) is 11.5. The second kappa shape index (κ2) is 12.9. The number of piperazine rings is 1. The molecule has 240 valence electrons. The van der Waals surface area contributed by atoms with Crippen LogP contribution in [0.15, 0.2) is 42.9 Å². The van der Waals surface area contributed by atoms with E-state index in [1.165, 1.54) is 6.20 Å². The molecule has 0 aromatic carbocycles. The van der Waals surface area contributed by atoms with Crippen molar-refractivity contribution >= 4 is 22.8 Å². The fraction of sp³-hybridized carbons (Fsp3) is 0.406. The number of hydrogen-bond acceptors (Lipinski definition) is 8. The van der Waals surface area contributed by atoms with Crippen molar-refractivity contribution in [1.82, 2.24) is 34.6 Å². The molecule has 2 N–H and O–H groups in total. The molecule has 0 saturated carbocycles. The van der Waals surface area contributed by atoms with Crippen LogP contribution in [-0.2, 0) is 19.3 Å². The number of rotatable bonds is 7. The number of carbonyl (C=O) groups is 1. The van der Waals surface area contributed by atoms with E-state index in [0.717, 1.165) is 37.0 Å². The number of nitrogens with one attached hydrogen (secondary N) is 2. The van der Waals surface area contributed by atoms with Gasteiger partial charge in [0.1, 0.15) is 28.9 Å². The third kappa shape index (κ3) is 6.61. The van der Waals surface area contributed by atoms with E-state index in [1.807, 2.05) is 17.9 Å². The number of H-pyrrole nitrogens is 1. The maximum Gasteiger partial charge on any atom is 0.418 e. The molecule has 0 radical (unpaired) electrons. The van der Waals surface area contributed by atoms with Crippen molar-refractivity contribution in [1.29, 1.82) is 5.26 Å². The molecule has 0 aliphatic carbocycles. The molecule has 6 rings (SSSR count). The first kappa shape index (κ1) is 31.3. The Hall–Kier alpha value is -4.74. The molecule has 0 spiro atoms. The minimum atomic E-state index is -4.62. The van der Waals surface area contributed by atoms with E-state index >= 15 is 0 Å². The number of hydrogen-bond donors (Lipinski definition) is 2. The van der Waals surface area contributed by atoms with Crippen molar-refractivity contribution in [2.24, 2.45) is 0 Å². The highest BCUT2D eigenvalue weighted by molar-refractivity contribution is 5.89. The third-order valence-corrected chi connectivity index (χ3v) is 8.60. The van der Waals surface area contributed by atoms with E-state index in [4.69, 9.17) is 4.74 Å². The normalized spacial score (nSPS) is 17.5. The minimum absolute atomic E-state index is 0.0177. The Morgan fingerprint density at radius 1 is 1.11 bits per heavy atom. The predicted octanol–water partition coefficient (Wildman–Crippen LogP) is 5.71. The lowest BCUT2D eigenvalue weighted by atomic mass is 9.92. The van der Waals surface area contributed by atoms with E-state index in [-0.39, 0.29) is 30.4 Å². The van der Waals surface area contributed by atoms with Gasteiger partial charge in [0.15, 0.2) is 0 Å². The number of aromatic nitrogens is 4. The Morgan fingerprint density at radius 2 is 1.89 bits per heavy atom. The van der Waals surface area contributed by atoms with Crippen molar-refractivity contribution in [2.45, 2.75) is 45.5 Å². The molecule has 46 heavy (non-hydrogen) atoms. The highest BCUT2D eigenvalue weighted by atomic mass is 19.4. The van der Waals surface area contributed by atoms with Gasteiger partial charge in [-0.25, -0.2) is 9.78 Å². The van der Waals surface area contributed by atoms with Crippen molar-refractivity contribution in [3.8, 4) is 17.6 Å². The Balaban J connectivity index is 1.18. The van der Waals surface area contributed by atoms with Crippen LogP contribution in [0.3, 0.4) is 0 Å². The van der Waals surface area contributed by atoms with Crippen LogP contribution in [0.1, 0.15) is 54.4 Å². The smallest absolute Gasteiger partial charge is 0.418 e. The number of pyridine rings is 3. The van der Waals surface area contributed by atoms with Crippen LogP contribution in [0.2, 0.25) is 0 Å². The predicted molar refractivity (Wildman–Crippen MR) is 164 cm³/mol. The largest absolute Gasteiger partial charge is 0.455 e. The topological polar surface area (TPSA) is 126 Å². The van der Waals surface area contributed by atoms with Crippen molar-refractivity contribution in [2.75, 3.05) is 44.6 Å². The molecule has 11 nitrogen and oxygen atoms in total. The van der Waals surface area contributed by atoms with E-state index < -0.39 is 17.8 Å². The summed E-state index contributed by atoms with van der Waals surface area (Å²) in [5.41, 5.74) is 1.57. The zero-order chi connectivity index (χ0) is 32.4. The number of nitriles is 1. The summed E-state index contributed by atoms with van der Waals surface area (Å²) in [7, 11) is 0. The van der Waals surface area contributed by atoms with Gasteiger partial charge >= 0.3 is 12.2 Å². The molecule has 0 bridgehead atoms. The van der Waals surface area contributed by atoms with Gasteiger partial charge in [0.25, 0.3) is 0 Å². The number of likely N-dealkylation sites (N-methyl/N-ethyl adjacent to an activating group) is 1. The van der Waals surface area contributed by atoms with E-state index in [0.29, 0.717) is 54.3 Å². The summed E-state index contributed by atoms with van der Waals surface area (Å²) in [6.07, 6.45) is 0.568. The van der Waals surface area contributed by atoms with Gasteiger partial charge in [-0.15, -0.1) is 0 Å². The van der Waals surface area contributed by atoms with Gasteiger partial charge in [0.05, 0.1) is 40.4 Å². The first-order chi connectivity index (χ1) is 22.1. The van der Waals surface area contributed by atoms with E-state index in [2.05, 4.69) is 43.1 Å². The quantitative estimate of drug-likeness (QED) is 0.265. The Labute approximate surface area is 264 Å². The lowest BCUT2D eigenvalue weighted by Gasteiger charge is -2.34. The Bertz CT molecular complexity index is 1780. The highest BCUT2D eigenvalue weighted by Gasteiger charge is 2.36. The lowest BCUT2D eigenvalue weighted by Crippen LogP contribution is -2.45. The van der Waals surface area contributed by atoms with Crippen LogP contribution >= 0.6 is 0 Å². The van der Waals surface area contributed by atoms with E-state index in [9.17, 15) is 23.2 Å². The number of aromatic amines is 1. The van der Waals surface area contributed by atoms with Crippen molar-refractivity contribution in [3.63, 3.8) is 0 Å². The number of fused-ring (bicyclic) bond motifs is 2. The molecule has 1 unspecified atom stereocenters. The van der Waals surface area contributed by atoms with Crippen LogP contribution in [0.25, 0.3) is 11.0 Å². The van der Waals surface area contributed by atoms with Gasteiger partial charge in [0, 0.05) is 57.9 Å². The van der Waals surface area contributed by atoms with Crippen LogP contribution < -0.4 is 10.1 Å². The van der Waals surface area contributed by atoms with Crippen LogP contribution in [0.4, 0.5) is 23.7 Å². The standard InChI is InChI=1S/C32H34F3N9O2/c1-3-20-17-44(18-21-11-24(16-39-29(20)21)46-28-5-6-37-30-25(28)12-22(14-36)40-30)31(45)41-23-13-26(32(33,34)35)27(38-15-23)19-43-9-7-42(4-2)8-10-43/h5-6,11-13,15-16,20H,3-4,7-10,17-19H2,1-2H3,(H,37,40)(H,41,45). The average Bonchev–Trinajstić information content (AvgIpc) is 3.49. The summed E-state index contributed by atoms with van der Waals surface area (Å²) in [6.45, 7) is 8.56. The zero-order valence-electron chi connectivity index (χ0n) is 25.6. The third-order valence-electron chi connectivity index (χ3n) is 8.60. The SMILES string of the molecule is CCC1CN(C(=O)Nc2cnc(CN3CCN(CC)CC3)c(C(F)(F)F)c2)Cc2cc(Oc3ccnc4[nH]c(C#N)cc34)cnc21.